The fraction of sp³-hybridized carbons (Fsp3) is 0.500. The summed E-state index contributed by atoms with van der Waals surface area (Å²) in [5.74, 6) is 0. The molecule has 0 radical (unpaired) electrons. The van der Waals surface area contributed by atoms with Gasteiger partial charge in [0.05, 0.1) is 0 Å². The Morgan fingerprint density at radius 1 is 1.13 bits per heavy atom. The molecule has 0 aromatic carbocycles. The van der Waals surface area contributed by atoms with Gasteiger partial charge in [-0.1, -0.05) is 7.60 Å². The van der Waals surface area contributed by atoms with Crippen molar-refractivity contribution in [2.24, 2.45) is 0 Å². The van der Waals surface area contributed by atoms with Gasteiger partial charge in [0.15, 0.2) is 0 Å². The maximum absolute atomic E-state index is 11.9. The molecule has 0 unspecified atom stereocenters. The molecule has 0 saturated heterocycles. The van der Waals surface area contributed by atoms with E-state index in [-0.39, 0.29) is 31.0 Å². The van der Waals surface area contributed by atoms with Gasteiger partial charge in [-0.2, -0.15) is 30.0 Å². The quantitative estimate of drug-likeness (QED) is 0.233. The number of carbonyl (C=O) groups excluding carboxylic acids is 1. The molecule has 1 amide bonds. The summed E-state index contributed by atoms with van der Waals surface area (Å²) in [6.07, 6.45) is -1.31. The molecule has 0 rings (SSSR count). The number of alkyl halides is 3. The van der Waals surface area contributed by atoms with Crippen molar-refractivity contribution in [1.29, 1.82) is 0 Å². The number of amides is 1. The van der Waals surface area contributed by atoms with E-state index in [9.17, 15) is 38.7 Å². The molecule has 13 heteroatoms. The van der Waals surface area contributed by atoms with E-state index in [0.717, 1.165) is 0 Å². The van der Waals surface area contributed by atoms with Gasteiger partial charge in [0.1, 0.15) is 0 Å². The van der Waals surface area contributed by atoms with Crippen molar-refractivity contribution in [1.82, 2.24) is 3.71 Å². The van der Waals surface area contributed by atoms with Gasteiger partial charge in [-0.3, -0.25) is 4.79 Å². The first kappa shape index (κ1) is 17.5. The molecule has 0 aromatic rings. The number of hydrogen-bond acceptors (Lipinski definition) is 5. The number of rotatable bonds is 3. The van der Waals surface area contributed by atoms with Crippen LogP contribution >= 0.6 is 0 Å². The van der Waals surface area contributed by atoms with Crippen LogP contribution in [0, 0.1) is 0 Å². The van der Waals surface area contributed by atoms with Crippen LogP contribution < -0.4 is 29.6 Å². The van der Waals surface area contributed by atoms with Gasteiger partial charge in [-0.15, -0.1) is 0 Å². The van der Waals surface area contributed by atoms with Crippen molar-refractivity contribution >= 4 is 26.8 Å². The van der Waals surface area contributed by atoms with E-state index in [1.54, 1.807) is 0 Å². The summed E-state index contributed by atoms with van der Waals surface area (Å²) in [6, 6.07) is 0. The fourth-order valence-corrected chi connectivity index (χ4v) is 1.94. The second-order valence-corrected chi connectivity index (χ2v) is 4.98. The zero-order valence-corrected chi connectivity index (χ0v) is 10.5. The van der Waals surface area contributed by atoms with Crippen LogP contribution in [0.2, 0.25) is 0 Å². The predicted octanol–water partition coefficient (Wildman–Crippen LogP) is -3.37. The molecule has 0 spiro atoms. The van der Waals surface area contributed by atoms with Crippen LogP contribution in [0.4, 0.5) is 17.1 Å². The summed E-state index contributed by atoms with van der Waals surface area (Å²) in [5.41, 5.74) is -6.08. The van der Waals surface area contributed by atoms with Crippen molar-refractivity contribution in [3.8, 4) is 0 Å². The molecular weight excluding hydrogens is 281 g/mol. The Balaban J connectivity index is -0.000000845. The Kier molecular flexibility index (Phi) is 5.77. The molecule has 0 aromatic heterocycles. The molecule has 0 aliphatic heterocycles. The van der Waals surface area contributed by atoms with Crippen molar-refractivity contribution in [2.45, 2.75) is 5.51 Å². The van der Waals surface area contributed by atoms with E-state index < -0.39 is 36.1 Å². The first-order valence-corrected chi connectivity index (χ1v) is 5.23. The van der Waals surface area contributed by atoms with Gasteiger partial charge >= 0.3 is 55.5 Å². The van der Waals surface area contributed by atoms with E-state index >= 15 is 0 Å². The molecule has 0 N–H and O–H groups in total. The Morgan fingerprint density at radius 2 is 1.47 bits per heavy atom. The molecule has 0 bridgehead atoms. The van der Waals surface area contributed by atoms with E-state index in [4.69, 9.17) is 0 Å². The van der Waals surface area contributed by atoms with E-state index in [2.05, 4.69) is 0 Å². The van der Waals surface area contributed by atoms with Crippen molar-refractivity contribution in [2.75, 3.05) is 0 Å². The molecule has 0 aliphatic rings. The zero-order chi connectivity index (χ0) is 11.8. The number of nitrogens with zero attached hydrogens (tertiary/aromatic N) is 1. The minimum atomic E-state index is -6.54. The minimum absolute atomic E-state index is 0. The number of sulfonamides is 1. The van der Waals surface area contributed by atoms with Crippen molar-refractivity contribution < 1.29 is 69.7 Å². The summed E-state index contributed by atoms with van der Waals surface area (Å²) in [4.78, 5) is 9.67. The topological polar surface area (TPSA) is 88.6 Å². The van der Waals surface area contributed by atoms with E-state index in [1.807, 2.05) is 0 Å². The van der Waals surface area contributed by atoms with Crippen LogP contribution in [0.15, 0.2) is 0 Å². The number of halogens is 4. The third-order valence-corrected chi connectivity index (χ3v) is 3.61. The van der Waals surface area contributed by atoms with Gasteiger partial charge in [0.2, 0.25) is 6.41 Å². The van der Waals surface area contributed by atoms with Gasteiger partial charge in [-0.05, 0) is 0 Å². The molecule has 6 nitrogen and oxygen atoms in total. The Morgan fingerprint density at radius 3 is 1.53 bits per heavy atom. The van der Waals surface area contributed by atoms with Crippen molar-refractivity contribution in [3.63, 3.8) is 0 Å². The maximum atomic E-state index is 11.9. The average Bonchev–Trinajstić information content (AvgIpc) is 1.80. The summed E-state index contributed by atoms with van der Waals surface area (Å²) < 4.78 is 84.6. The smallest absolute Gasteiger partial charge is 1.00 e. The zero-order valence-electron chi connectivity index (χ0n) is 7.89. The molecule has 0 heterocycles. The van der Waals surface area contributed by atoms with Crippen LogP contribution in [0.1, 0.15) is 1.43 Å². The maximum Gasteiger partial charge on any atom is 1.00 e. The minimum Gasteiger partial charge on any atom is -1.00 e. The average molecular weight is 283 g/mol. The van der Waals surface area contributed by atoms with E-state index in [1.165, 1.54) is 0 Å². The first-order chi connectivity index (χ1) is 5.94. The first-order valence-electron chi connectivity index (χ1n) is 2.45. The molecule has 0 aliphatic carbocycles. The van der Waals surface area contributed by atoms with Gasteiger partial charge in [-0.25, -0.2) is 0 Å². The van der Waals surface area contributed by atoms with Gasteiger partial charge in [0, 0.05) is 0 Å². The van der Waals surface area contributed by atoms with E-state index in [0.29, 0.717) is 0 Å². The molecule has 0 atom stereocenters. The third-order valence-electron chi connectivity index (χ3n) is 0.830. The van der Waals surface area contributed by atoms with Crippen LogP contribution in [0.25, 0.3) is 0 Å². The standard InChI is InChI=1S/C2HF4NO5S2.Na.H/c3-2(4,5)13(9,10)7(1-8)14(6,11)12;;/h1H;;/q;+1;-1. The second kappa shape index (κ2) is 4.95. The molecule has 15 heavy (non-hydrogen) atoms. The number of carbonyl (C=O) groups is 1. The van der Waals surface area contributed by atoms with Gasteiger partial charge in [0.25, 0.3) is 0 Å². The summed E-state index contributed by atoms with van der Waals surface area (Å²) in [6.45, 7) is 0. The SMILES string of the molecule is O=CN(S(=O)(=O)F)S(=O)(=O)C(F)(F)F.[H-].[Na+]. The summed E-state index contributed by atoms with van der Waals surface area (Å²) in [7, 11) is -12.8. The molecular formula is C2H2F4NNaO5S2. The monoisotopic (exact) mass is 283 g/mol. The molecule has 0 fully saturated rings. The van der Waals surface area contributed by atoms with Crippen LogP contribution in [-0.2, 0) is 25.2 Å². The second-order valence-electron chi connectivity index (χ2n) is 1.72. The molecule has 86 valence electrons. The van der Waals surface area contributed by atoms with Gasteiger partial charge < -0.3 is 1.43 Å². The largest absolute Gasteiger partial charge is 1.00 e. The third kappa shape index (κ3) is 3.86. The Labute approximate surface area is 105 Å². The van der Waals surface area contributed by atoms with Crippen LogP contribution in [-0.4, -0.2) is 32.5 Å². The fourth-order valence-electron chi connectivity index (χ4n) is 0.327. The summed E-state index contributed by atoms with van der Waals surface area (Å²) >= 11 is 0. The predicted molar refractivity (Wildman–Crippen MR) is 34.0 cm³/mol. The number of hydrogen-bond donors (Lipinski definition) is 0. The Hall–Kier alpha value is 0.0900. The summed E-state index contributed by atoms with van der Waals surface area (Å²) in [5, 5.41) is 0. The molecule has 0 saturated carbocycles. The Bertz CT molecular complexity index is 430. The van der Waals surface area contributed by atoms with Crippen LogP contribution in [0.3, 0.4) is 0 Å². The van der Waals surface area contributed by atoms with Crippen LogP contribution in [0.5, 0.6) is 0 Å². The normalized spacial score (nSPS) is 12.8. The van der Waals surface area contributed by atoms with Crippen molar-refractivity contribution in [3.05, 3.63) is 0 Å².